The average molecular weight is 300 g/mol. The molecule has 114 valence electrons. The summed E-state index contributed by atoms with van der Waals surface area (Å²) in [5, 5.41) is 0. The number of rotatable bonds is 2. The van der Waals surface area contributed by atoms with E-state index >= 15 is 0 Å². The van der Waals surface area contributed by atoms with Crippen molar-refractivity contribution in [2.24, 2.45) is 7.05 Å². The molecule has 0 aliphatic carbocycles. The van der Waals surface area contributed by atoms with Gasteiger partial charge in [-0.25, -0.2) is 14.4 Å². The van der Waals surface area contributed by atoms with Crippen LogP contribution in [0.4, 0.5) is 10.3 Å². The number of piperidine rings is 1. The number of halogens is 1. The standard InChI is InChI=1S/C16H17FN4O/c1-20-13-4-2-3-12(17)15(13)19-16(20)21-7-5-11(6-8-21)14-9-18-10-22-14/h2-4,9-11H,5-8H2,1H3. The molecule has 0 spiro atoms. The summed E-state index contributed by atoms with van der Waals surface area (Å²) in [6.45, 7) is 1.76. The minimum Gasteiger partial charge on any atom is -0.448 e. The molecule has 1 aromatic carbocycles. The monoisotopic (exact) mass is 300 g/mol. The number of hydrogen-bond donors (Lipinski definition) is 0. The van der Waals surface area contributed by atoms with Crippen LogP contribution in [-0.4, -0.2) is 27.6 Å². The van der Waals surface area contributed by atoms with Crippen molar-refractivity contribution < 1.29 is 8.81 Å². The number of aryl methyl sites for hydroxylation is 1. The van der Waals surface area contributed by atoms with Crippen molar-refractivity contribution in [3.8, 4) is 0 Å². The minimum atomic E-state index is -0.268. The van der Waals surface area contributed by atoms with Gasteiger partial charge in [-0.3, -0.25) is 0 Å². The first-order chi connectivity index (χ1) is 10.7. The Morgan fingerprint density at radius 2 is 2.09 bits per heavy atom. The second-order valence-corrected chi connectivity index (χ2v) is 5.74. The zero-order chi connectivity index (χ0) is 15.1. The van der Waals surface area contributed by atoms with Gasteiger partial charge in [0.25, 0.3) is 0 Å². The van der Waals surface area contributed by atoms with Gasteiger partial charge in [-0.15, -0.1) is 0 Å². The lowest BCUT2D eigenvalue weighted by Crippen LogP contribution is -2.34. The van der Waals surface area contributed by atoms with Crippen LogP contribution in [0.25, 0.3) is 11.0 Å². The molecular weight excluding hydrogens is 283 g/mol. The zero-order valence-electron chi connectivity index (χ0n) is 12.4. The molecule has 3 heterocycles. The first-order valence-corrected chi connectivity index (χ1v) is 7.48. The van der Waals surface area contributed by atoms with Gasteiger partial charge in [-0.05, 0) is 25.0 Å². The third kappa shape index (κ3) is 2.06. The fraction of sp³-hybridized carbons (Fsp3) is 0.375. The highest BCUT2D eigenvalue weighted by Gasteiger charge is 2.25. The van der Waals surface area contributed by atoms with Crippen LogP contribution < -0.4 is 4.90 Å². The summed E-state index contributed by atoms with van der Waals surface area (Å²) in [5.41, 5.74) is 1.27. The maximum absolute atomic E-state index is 13.9. The maximum atomic E-state index is 13.9. The quantitative estimate of drug-likeness (QED) is 0.729. The van der Waals surface area contributed by atoms with Crippen LogP contribution in [0.2, 0.25) is 0 Å². The second kappa shape index (κ2) is 5.12. The van der Waals surface area contributed by atoms with E-state index in [1.807, 2.05) is 17.7 Å². The highest BCUT2D eigenvalue weighted by Crippen LogP contribution is 2.31. The normalized spacial score (nSPS) is 16.5. The number of aromatic nitrogens is 3. The number of hydrogen-bond acceptors (Lipinski definition) is 4. The van der Waals surface area contributed by atoms with Gasteiger partial charge >= 0.3 is 0 Å². The SMILES string of the molecule is Cn1c(N2CCC(c3cnco3)CC2)nc2c(F)cccc21. The summed E-state index contributed by atoms with van der Waals surface area (Å²) in [5.74, 6) is 1.92. The summed E-state index contributed by atoms with van der Waals surface area (Å²) >= 11 is 0. The van der Waals surface area contributed by atoms with Crippen LogP contribution in [0.3, 0.4) is 0 Å². The van der Waals surface area contributed by atoms with E-state index in [0.29, 0.717) is 11.4 Å². The Balaban J connectivity index is 1.59. The highest BCUT2D eigenvalue weighted by atomic mass is 19.1. The van der Waals surface area contributed by atoms with Gasteiger partial charge < -0.3 is 13.9 Å². The summed E-state index contributed by atoms with van der Waals surface area (Å²) < 4.78 is 21.2. The summed E-state index contributed by atoms with van der Waals surface area (Å²) in [4.78, 5) is 10.7. The molecule has 0 radical (unpaired) electrons. The Morgan fingerprint density at radius 1 is 1.27 bits per heavy atom. The molecular formula is C16H17FN4O. The van der Waals surface area contributed by atoms with Crippen LogP contribution in [0.1, 0.15) is 24.5 Å². The molecule has 3 aromatic rings. The van der Waals surface area contributed by atoms with E-state index in [1.165, 1.54) is 12.5 Å². The van der Waals surface area contributed by atoms with Crippen molar-refractivity contribution in [1.82, 2.24) is 14.5 Å². The minimum absolute atomic E-state index is 0.268. The predicted molar refractivity (Wildman–Crippen MR) is 81.4 cm³/mol. The van der Waals surface area contributed by atoms with E-state index in [-0.39, 0.29) is 5.82 Å². The third-order valence-electron chi connectivity index (χ3n) is 4.47. The summed E-state index contributed by atoms with van der Waals surface area (Å²) in [6, 6.07) is 5.07. The molecule has 1 aliphatic rings. The Hall–Kier alpha value is -2.37. The number of anilines is 1. The van der Waals surface area contributed by atoms with E-state index in [9.17, 15) is 4.39 Å². The van der Waals surface area contributed by atoms with E-state index in [2.05, 4.69) is 14.9 Å². The van der Waals surface area contributed by atoms with Crippen LogP contribution in [0, 0.1) is 5.82 Å². The van der Waals surface area contributed by atoms with Gasteiger partial charge in [-0.1, -0.05) is 6.07 Å². The van der Waals surface area contributed by atoms with Gasteiger partial charge in [0.2, 0.25) is 5.95 Å². The molecule has 0 N–H and O–H groups in total. The van der Waals surface area contributed by atoms with Crippen molar-refractivity contribution >= 4 is 17.0 Å². The molecule has 4 rings (SSSR count). The third-order valence-corrected chi connectivity index (χ3v) is 4.47. The Bertz CT molecular complexity index is 788. The van der Waals surface area contributed by atoms with E-state index in [4.69, 9.17) is 4.42 Å². The summed E-state index contributed by atoms with van der Waals surface area (Å²) in [7, 11) is 1.94. The van der Waals surface area contributed by atoms with E-state index in [0.717, 1.165) is 43.2 Å². The van der Waals surface area contributed by atoms with Gasteiger partial charge in [0.15, 0.2) is 12.2 Å². The molecule has 5 nitrogen and oxygen atoms in total. The predicted octanol–water partition coefficient (Wildman–Crippen LogP) is 3.08. The topological polar surface area (TPSA) is 47.1 Å². The second-order valence-electron chi connectivity index (χ2n) is 5.74. The van der Waals surface area contributed by atoms with Crippen molar-refractivity contribution in [3.63, 3.8) is 0 Å². The van der Waals surface area contributed by atoms with Crippen LogP contribution in [0.15, 0.2) is 35.2 Å². The molecule has 2 aromatic heterocycles. The van der Waals surface area contributed by atoms with Crippen molar-refractivity contribution in [1.29, 1.82) is 0 Å². The molecule has 1 saturated heterocycles. The maximum Gasteiger partial charge on any atom is 0.206 e. The van der Waals surface area contributed by atoms with Gasteiger partial charge in [0.1, 0.15) is 11.3 Å². The molecule has 1 aliphatic heterocycles. The van der Waals surface area contributed by atoms with Gasteiger partial charge in [0, 0.05) is 26.1 Å². The Kier molecular flexibility index (Phi) is 3.10. The number of oxazole rings is 1. The van der Waals surface area contributed by atoms with E-state index < -0.39 is 0 Å². The highest BCUT2D eigenvalue weighted by molar-refractivity contribution is 5.79. The molecule has 6 heteroatoms. The molecule has 1 fully saturated rings. The largest absolute Gasteiger partial charge is 0.448 e. The van der Waals surface area contributed by atoms with Crippen LogP contribution in [0.5, 0.6) is 0 Å². The number of imidazole rings is 1. The van der Waals surface area contributed by atoms with Crippen LogP contribution in [-0.2, 0) is 7.05 Å². The summed E-state index contributed by atoms with van der Waals surface area (Å²) in [6.07, 6.45) is 5.25. The lowest BCUT2D eigenvalue weighted by molar-refractivity contribution is 0.403. The number of para-hydroxylation sites is 1. The van der Waals surface area contributed by atoms with E-state index in [1.54, 1.807) is 12.3 Å². The lowest BCUT2D eigenvalue weighted by atomic mass is 9.95. The van der Waals surface area contributed by atoms with Gasteiger partial charge in [-0.2, -0.15) is 0 Å². The van der Waals surface area contributed by atoms with Crippen molar-refractivity contribution in [2.75, 3.05) is 18.0 Å². The number of fused-ring (bicyclic) bond motifs is 1. The number of nitrogens with zero attached hydrogens (tertiary/aromatic N) is 4. The molecule has 0 unspecified atom stereocenters. The smallest absolute Gasteiger partial charge is 0.206 e. The molecule has 22 heavy (non-hydrogen) atoms. The first-order valence-electron chi connectivity index (χ1n) is 7.48. The van der Waals surface area contributed by atoms with Crippen molar-refractivity contribution in [3.05, 3.63) is 42.4 Å². The Labute approximate surface area is 127 Å². The molecule has 0 bridgehead atoms. The van der Waals surface area contributed by atoms with Crippen molar-refractivity contribution in [2.45, 2.75) is 18.8 Å². The lowest BCUT2D eigenvalue weighted by Gasteiger charge is -2.31. The molecule has 0 saturated carbocycles. The van der Waals surface area contributed by atoms with Crippen LogP contribution >= 0.6 is 0 Å². The van der Waals surface area contributed by atoms with Gasteiger partial charge in [0.05, 0.1) is 11.7 Å². The molecule has 0 atom stereocenters. The number of benzene rings is 1. The fourth-order valence-corrected chi connectivity index (χ4v) is 3.24. The average Bonchev–Trinajstić information content (AvgIpc) is 3.17. The Morgan fingerprint density at radius 3 is 2.77 bits per heavy atom. The zero-order valence-corrected chi connectivity index (χ0v) is 12.4. The fourth-order valence-electron chi connectivity index (χ4n) is 3.24. The first kappa shape index (κ1) is 13.3. The molecule has 0 amide bonds.